The Kier molecular flexibility index (Phi) is 1.64. The van der Waals surface area contributed by atoms with Crippen LogP contribution in [-0.4, -0.2) is 18.0 Å². The van der Waals surface area contributed by atoms with E-state index in [2.05, 4.69) is 25.3 Å². The molecule has 1 heterocycles. The maximum Gasteiger partial charge on any atom is 0.163 e. The molecule has 80 valence electrons. The van der Waals surface area contributed by atoms with Gasteiger partial charge in [0.1, 0.15) is 0 Å². The molecule has 1 saturated carbocycles. The van der Waals surface area contributed by atoms with E-state index >= 15 is 0 Å². The van der Waals surface area contributed by atoms with Crippen molar-refractivity contribution in [3.05, 3.63) is 36.5 Å². The third kappa shape index (κ3) is 1.12. The lowest BCUT2D eigenvalue weighted by Gasteiger charge is -2.41. The second-order valence-corrected chi connectivity index (χ2v) is 5.05. The van der Waals surface area contributed by atoms with Crippen LogP contribution in [0.25, 0.3) is 0 Å². The first kappa shape index (κ1) is 9.37. The molecule has 1 aliphatic heterocycles. The zero-order chi connectivity index (χ0) is 10.8. The number of fused-ring (bicyclic) bond motifs is 1. The van der Waals surface area contributed by atoms with Gasteiger partial charge < -0.3 is 9.47 Å². The van der Waals surface area contributed by atoms with Crippen LogP contribution in [0.2, 0.25) is 0 Å². The minimum absolute atomic E-state index is 0.132. The molecule has 15 heavy (non-hydrogen) atoms. The summed E-state index contributed by atoms with van der Waals surface area (Å²) in [5, 5.41) is 0. The van der Waals surface area contributed by atoms with Gasteiger partial charge in [0.2, 0.25) is 0 Å². The molecule has 2 heteroatoms. The molecule has 4 atom stereocenters. The van der Waals surface area contributed by atoms with Crippen LogP contribution >= 0.6 is 0 Å². The topological polar surface area (TPSA) is 18.5 Å². The summed E-state index contributed by atoms with van der Waals surface area (Å²) in [4.78, 5) is 0. The second kappa shape index (κ2) is 2.63. The third-order valence-electron chi connectivity index (χ3n) is 3.61. The summed E-state index contributed by atoms with van der Waals surface area (Å²) in [6.07, 6.45) is 4.64. The lowest BCUT2D eigenvalue weighted by atomic mass is 9.67. The normalized spacial score (nSPS) is 46.0. The monoisotopic (exact) mass is 204 g/mol. The maximum absolute atomic E-state index is 5.93. The summed E-state index contributed by atoms with van der Waals surface area (Å²) in [6, 6.07) is 0. The van der Waals surface area contributed by atoms with Crippen molar-refractivity contribution >= 4 is 0 Å². The molecule has 0 spiro atoms. The van der Waals surface area contributed by atoms with Crippen LogP contribution in [0.4, 0.5) is 0 Å². The zero-order valence-corrected chi connectivity index (χ0v) is 9.19. The van der Waals surface area contributed by atoms with Crippen molar-refractivity contribution < 1.29 is 9.47 Å². The number of hydrogen-bond acceptors (Lipinski definition) is 2. The molecule has 2 fully saturated rings. The molecular weight excluding hydrogens is 188 g/mol. The molecule has 2 bridgehead atoms. The standard InChI is InChI=1S/C13H16O2/c1-7-8(2)10-6-5-9(7)11-12(10)15-13(3,4)14-11/h5-6,9-12H,1-2H2,3-4H3. The van der Waals surface area contributed by atoms with Crippen molar-refractivity contribution in [1.29, 1.82) is 0 Å². The van der Waals surface area contributed by atoms with E-state index in [-0.39, 0.29) is 24.0 Å². The molecule has 4 rings (SSSR count). The summed E-state index contributed by atoms with van der Waals surface area (Å²) in [6.45, 7) is 12.1. The Morgan fingerprint density at radius 3 is 1.80 bits per heavy atom. The van der Waals surface area contributed by atoms with Gasteiger partial charge in [-0.15, -0.1) is 0 Å². The number of rotatable bonds is 0. The molecule has 4 unspecified atom stereocenters. The van der Waals surface area contributed by atoms with Gasteiger partial charge in [0.05, 0.1) is 12.2 Å². The molecule has 0 aromatic heterocycles. The molecule has 0 amide bonds. The van der Waals surface area contributed by atoms with Crippen molar-refractivity contribution in [2.24, 2.45) is 11.8 Å². The first-order valence-electron chi connectivity index (χ1n) is 5.41. The SMILES string of the molecule is C=C1C(=C)C2C=CC1C1OC(C)(C)OC21. The fourth-order valence-corrected chi connectivity index (χ4v) is 2.89. The van der Waals surface area contributed by atoms with E-state index in [1.807, 2.05) is 13.8 Å². The summed E-state index contributed by atoms with van der Waals surface area (Å²) in [7, 11) is 0. The Morgan fingerprint density at radius 1 is 1.00 bits per heavy atom. The highest BCUT2D eigenvalue weighted by atomic mass is 16.8. The summed E-state index contributed by atoms with van der Waals surface area (Å²) in [5.74, 6) is 0.0477. The molecule has 0 aromatic rings. The highest BCUT2D eigenvalue weighted by Gasteiger charge is 2.54. The number of ether oxygens (including phenoxy) is 2. The largest absolute Gasteiger partial charge is 0.344 e. The van der Waals surface area contributed by atoms with Gasteiger partial charge in [0.15, 0.2) is 5.79 Å². The fraction of sp³-hybridized carbons (Fsp3) is 0.538. The fourth-order valence-electron chi connectivity index (χ4n) is 2.89. The minimum atomic E-state index is -0.469. The summed E-state index contributed by atoms with van der Waals surface area (Å²) in [5.41, 5.74) is 2.23. The molecular formula is C13H16O2. The van der Waals surface area contributed by atoms with Crippen LogP contribution in [0.3, 0.4) is 0 Å². The van der Waals surface area contributed by atoms with Gasteiger partial charge in [-0.05, 0) is 25.0 Å². The lowest BCUT2D eigenvalue weighted by molar-refractivity contribution is -0.148. The predicted molar refractivity (Wildman–Crippen MR) is 58.2 cm³/mol. The summed E-state index contributed by atoms with van der Waals surface area (Å²) >= 11 is 0. The Hall–Kier alpha value is -0.860. The van der Waals surface area contributed by atoms with Gasteiger partial charge >= 0.3 is 0 Å². The van der Waals surface area contributed by atoms with Gasteiger partial charge in [0.25, 0.3) is 0 Å². The molecule has 2 nitrogen and oxygen atoms in total. The minimum Gasteiger partial charge on any atom is -0.344 e. The average Bonchev–Trinajstić information content (AvgIpc) is 2.47. The van der Waals surface area contributed by atoms with Gasteiger partial charge in [0, 0.05) is 11.8 Å². The predicted octanol–water partition coefficient (Wildman–Crippen LogP) is 2.43. The molecule has 3 aliphatic carbocycles. The van der Waals surface area contributed by atoms with Crippen LogP contribution in [-0.2, 0) is 9.47 Å². The van der Waals surface area contributed by atoms with E-state index in [9.17, 15) is 0 Å². The Balaban J connectivity index is 2.03. The van der Waals surface area contributed by atoms with E-state index in [1.165, 1.54) is 0 Å². The van der Waals surface area contributed by atoms with Crippen molar-refractivity contribution in [2.45, 2.75) is 31.8 Å². The Labute approximate surface area is 90.3 Å². The molecule has 0 radical (unpaired) electrons. The van der Waals surface area contributed by atoms with E-state index in [4.69, 9.17) is 9.47 Å². The first-order chi connectivity index (χ1) is 6.99. The second-order valence-electron chi connectivity index (χ2n) is 5.05. The number of hydrogen-bond donors (Lipinski definition) is 0. The van der Waals surface area contributed by atoms with Gasteiger partial charge in [-0.3, -0.25) is 0 Å². The molecule has 1 saturated heterocycles. The zero-order valence-electron chi connectivity index (χ0n) is 9.19. The van der Waals surface area contributed by atoms with Crippen molar-refractivity contribution in [2.75, 3.05) is 0 Å². The van der Waals surface area contributed by atoms with Crippen molar-refractivity contribution in [1.82, 2.24) is 0 Å². The molecule has 4 aliphatic rings. The highest BCUT2D eigenvalue weighted by Crippen LogP contribution is 2.50. The van der Waals surface area contributed by atoms with E-state index < -0.39 is 5.79 Å². The average molecular weight is 204 g/mol. The molecule has 0 N–H and O–H groups in total. The van der Waals surface area contributed by atoms with E-state index in [0.29, 0.717) is 0 Å². The van der Waals surface area contributed by atoms with Gasteiger partial charge in [-0.2, -0.15) is 0 Å². The third-order valence-corrected chi connectivity index (χ3v) is 3.61. The van der Waals surface area contributed by atoms with Crippen LogP contribution in [0, 0.1) is 11.8 Å². The lowest BCUT2D eigenvalue weighted by Crippen LogP contribution is -2.45. The molecule has 0 aromatic carbocycles. The summed E-state index contributed by atoms with van der Waals surface area (Å²) < 4.78 is 11.9. The van der Waals surface area contributed by atoms with Gasteiger partial charge in [-0.25, -0.2) is 0 Å². The Bertz CT molecular complexity index is 344. The van der Waals surface area contributed by atoms with Crippen LogP contribution in [0.1, 0.15) is 13.8 Å². The van der Waals surface area contributed by atoms with Crippen molar-refractivity contribution in [3.63, 3.8) is 0 Å². The van der Waals surface area contributed by atoms with Crippen LogP contribution < -0.4 is 0 Å². The van der Waals surface area contributed by atoms with E-state index in [1.54, 1.807) is 0 Å². The van der Waals surface area contributed by atoms with Crippen molar-refractivity contribution in [3.8, 4) is 0 Å². The first-order valence-corrected chi connectivity index (χ1v) is 5.41. The smallest absolute Gasteiger partial charge is 0.163 e. The van der Waals surface area contributed by atoms with Crippen LogP contribution in [0.5, 0.6) is 0 Å². The quantitative estimate of drug-likeness (QED) is 0.564. The van der Waals surface area contributed by atoms with Gasteiger partial charge in [-0.1, -0.05) is 25.3 Å². The highest BCUT2D eigenvalue weighted by molar-refractivity contribution is 5.45. The maximum atomic E-state index is 5.93. The Morgan fingerprint density at radius 2 is 1.40 bits per heavy atom. The van der Waals surface area contributed by atoms with Crippen LogP contribution in [0.15, 0.2) is 36.5 Å². The van der Waals surface area contributed by atoms with E-state index in [0.717, 1.165) is 11.1 Å².